The first-order chi connectivity index (χ1) is 21.0. The second kappa shape index (κ2) is 11.9. The summed E-state index contributed by atoms with van der Waals surface area (Å²) in [5.74, 6) is 0.508. The summed E-state index contributed by atoms with van der Waals surface area (Å²) in [5, 5.41) is 0. The van der Waals surface area contributed by atoms with Gasteiger partial charge in [-0.3, -0.25) is 9.59 Å². The lowest BCUT2D eigenvalue weighted by Crippen LogP contribution is -2.58. The largest absolute Gasteiger partial charge is 0.464 e. The van der Waals surface area contributed by atoms with Gasteiger partial charge >= 0.3 is 11.9 Å². The molecule has 6 heteroatoms. The van der Waals surface area contributed by atoms with Crippen molar-refractivity contribution < 1.29 is 19.1 Å². The van der Waals surface area contributed by atoms with E-state index in [4.69, 9.17) is 20.9 Å². The van der Waals surface area contributed by atoms with Crippen LogP contribution in [0.25, 0.3) is 0 Å². The van der Waals surface area contributed by atoms with Crippen LogP contribution in [0.2, 0.25) is 0 Å². The average Bonchev–Trinajstić information content (AvgIpc) is 3.20. The summed E-state index contributed by atoms with van der Waals surface area (Å²) in [7, 11) is 0. The van der Waals surface area contributed by atoms with Crippen LogP contribution in [-0.2, 0) is 31.9 Å². The van der Waals surface area contributed by atoms with Gasteiger partial charge in [-0.2, -0.15) is 0 Å². The highest BCUT2D eigenvalue weighted by molar-refractivity contribution is 5.76. The fourth-order valence-corrected chi connectivity index (χ4v) is 10.7. The molecular weight excluding hydrogens is 548 g/mol. The molecular formula is C38H52N2O4. The minimum absolute atomic E-state index is 0.00418. The molecule has 0 radical (unpaired) electrons. The van der Waals surface area contributed by atoms with E-state index < -0.39 is 12.1 Å². The van der Waals surface area contributed by atoms with Gasteiger partial charge in [0.1, 0.15) is 18.2 Å². The van der Waals surface area contributed by atoms with Crippen LogP contribution >= 0.6 is 0 Å². The van der Waals surface area contributed by atoms with Crippen LogP contribution in [0.4, 0.5) is 0 Å². The van der Waals surface area contributed by atoms with Crippen LogP contribution in [0.15, 0.2) is 60.7 Å². The number of esters is 2. The van der Waals surface area contributed by atoms with E-state index >= 15 is 0 Å². The smallest absolute Gasteiger partial charge is 0.323 e. The maximum atomic E-state index is 13.2. The number of benzene rings is 2. The van der Waals surface area contributed by atoms with Crippen molar-refractivity contribution in [1.82, 2.24) is 0 Å². The Balaban J connectivity index is 1.12. The van der Waals surface area contributed by atoms with Gasteiger partial charge in [0.05, 0.1) is 6.61 Å². The minimum atomic E-state index is -0.652. The topological polar surface area (TPSA) is 105 Å². The molecule has 2 aromatic rings. The molecule has 238 valence electrons. The summed E-state index contributed by atoms with van der Waals surface area (Å²) < 4.78 is 12.3. The monoisotopic (exact) mass is 600 g/mol. The Hall–Kier alpha value is -2.70. The molecule has 4 aliphatic rings. The molecule has 2 aromatic carbocycles. The van der Waals surface area contributed by atoms with Crippen molar-refractivity contribution in [3.63, 3.8) is 0 Å². The van der Waals surface area contributed by atoms with Crippen LogP contribution in [0.3, 0.4) is 0 Å². The van der Waals surface area contributed by atoms with Crippen LogP contribution in [0.5, 0.6) is 0 Å². The van der Waals surface area contributed by atoms with Gasteiger partial charge < -0.3 is 20.9 Å². The van der Waals surface area contributed by atoms with Gasteiger partial charge in [0.2, 0.25) is 0 Å². The van der Waals surface area contributed by atoms with Crippen molar-refractivity contribution in [1.29, 1.82) is 0 Å². The molecule has 1 spiro atoms. The highest BCUT2D eigenvalue weighted by atomic mass is 16.5. The highest BCUT2D eigenvalue weighted by Gasteiger charge is 2.68. The lowest BCUT2D eigenvalue weighted by Gasteiger charge is -2.64. The van der Waals surface area contributed by atoms with Gasteiger partial charge in [-0.05, 0) is 98.0 Å². The van der Waals surface area contributed by atoms with E-state index in [1.807, 2.05) is 60.7 Å². The fraction of sp³-hybridized carbons (Fsp3) is 0.632. The molecule has 44 heavy (non-hydrogen) atoms. The Morgan fingerprint density at radius 1 is 0.795 bits per heavy atom. The van der Waals surface area contributed by atoms with Gasteiger partial charge in [-0.25, -0.2) is 0 Å². The second-order valence-corrected chi connectivity index (χ2v) is 15.7. The second-order valence-electron chi connectivity index (χ2n) is 15.7. The van der Waals surface area contributed by atoms with Gasteiger partial charge in [-0.15, -0.1) is 0 Å². The molecule has 6 nitrogen and oxygen atoms in total. The van der Waals surface area contributed by atoms with E-state index in [9.17, 15) is 9.59 Å². The van der Waals surface area contributed by atoms with Crippen molar-refractivity contribution >= 4 is 11.9 Å². The van der Waals surface area contributed by atoms with Gasteiger partial charge in [-0.1, -0.05) is 87.9 Å². The number of hydrogen-bond acceptors (Lipinski definition) is 6. The SMILES string of the molecule is C[C@@]1(COC(=O)[C@@H](N)Cc2ccccc2)CCC[C@]2(C)[C@@H]1CC[C@@]13C[C@@H](OC(=O)[C@@H](N)Cc4ccccc4)[C@@](C)(CC[C@H]12)C3. The van der Waals surface area contributed by atoms with Crippen molar-refractivity contribution in [2.75, 3.05) is 6.61 Å². The first kappa shape index (κ1) is 31.3. The van der Waals surface area contributed by atoms with Crippen LogP contribution < -0.4 is 11.5 Å². The minimum Gasteiger partial charge on any atom is -0.464 e. The van der Waals surface area contributed by atoms with Crippen LogP contribution in [0, 0.1) is 33.5 Å². The molecule has 0 heterocycles. The van der Waals surface area contributed by atoms with Crippen LogP contribution in [0.1, 0.15) is 89.7 Å². The number of hydrogen-bond donors (Lipinski definition) is 2. The van der Waals surface area contributed by atoms with E-state index in [0.717, 1.165) is 56.1 Å². The van der Waals surface area contributed by atoms with Crippen molar-refractivity contribution in [2.24, 2.45) is 45.0 Å². The molecule has 9 atom stereocenters. The standard InChI is InChI=1S/C38H52N2O4/c1-35-19-15-31-37(3)18-10-17-36(2,25-43-33(41)28(39)21-26-11-6-4-7-12-26)30(37)16-20-38(31,24-35)23-32(35)44-34(42)29(40)22-27-13-8-5-9-14-27/h4-9,11-14,28-32H,10,15-25,39-40H2,1-3H3/t28-,29-,30+,31-,32+,35-,36-,37+,38-/m0/s1. The predicted octanol–water partition coefficient (Wildman–Crippen LogP) is 6.38. The molecule has 0 aromatic heterocycles. The third kappa shape index (κ3) is 5.73. The Morgan fingerprint density at radius 2 is 1.39 bits per heavy atom. The molecule has 4 aliphatic carbocycles. The summed E-state index contributed by atoms with van der Waals surface area (Å²) in [6, 6.07) is 18.6. The third-order valence-corrected chi connectivity index (χ3v) is 12.7. The fourth-order valence-electron chi connectivity index (χ4n) is 10.7. The molecule has 0 amide bonds. The number of rotatable bonds is 9. The maximum Gasteiger partial charge on any atom is 0.323 e. The van der Waals surface area contributed by atoms with Gasteiger partial charge in [0.25, 0.3) is 0 Å². The maximum absolute atomic E-state index is 13.2. The third-order valence-electron chi connectivity index (χ3n) is 12.7. The highest BCUT2D eigenvalue weighted by Crippen LogP contribution is 2.74. The van der Waals surface area contributed by atoms with Gasteiger partial charge in [0.15, 0.2) is 0 Å². The van der Waals surface area contributed by atoms with Crippen molar-refractivity contribution in [3.05, 3.63) is 71.8 Å². The zero-order valence-corrected chi connectivity index (χ0v) is 26.9. The molecule has 0 saturated heterocycles. The molecule has 2 bridgehead atoms. The lowest BCUT2D eigenvalue weighted by molar-refractivity contribution is -0.177. The summed E-state index contributed by atoms with van der Waals surface area (Å²) in [6.45, 7) is 7.66. The van der Waals surface area contributed by atoms with E-state index in [2.05, 4.69) is 20.8 Å². The number of ether oxygens (including phenoxy) is 2. The van der Waals surface area contributed by atoms with Gasteiger partial charge in [0, 0.05) is 10.8 Å². The molecule has 6 rings (SSSR count). The lowest BCUT2D eigenvalue weighted by atomic mass is 9.40. The molecule has 4 fully saturated rings. The zero-order chi connectivity index (χ0) is 31.2. The first-order valence-corrected chi connectivity index (χ1v) is 16.9. The Kier molecular flexibility index (Phi) is 8.47. The number of carbonyl (C=O) groups is 2. The quantitative estimate of drug-likeness (QED) is 0.324. The Morgan fingerprint density at radius 3 is 2.02 bits per heavy atom. The van der Waals surface area contributed by atoms with Crippen LogP contribution in [-0.4, -0.2) is 36.7 Å². The van der Waals surface area contributed by atoms with E-state index in [1.54, 1.807) is 0 Å². The first-order valence-electron chi connectivity index (χ1n) is 16.9. The Labute approximate surface area is 263 Å². The summed E-state index contributed by atoms with van der Waals surface area (Å²) in [5.41, 5.74) is 15.1. The molecule has 4 saturated carbocycles. The van der Waals surface area contributed by atoms with Crippen molar-refractivity contribution in [3.8, 4) is 0 Å². The summed E-state index contributed by atoms with van der Waals surface area (Å²) >= 11 is 0. The zero-order valence-electron chi connectivity index (χ0n) is 26.9. The molecule has 4 N–H and O–H groups in total. The number of nitrogens with two attached hydrogens (primary N) is 2. The summed E-state index contributed by atoms with van der Waals surface area (Å²) in [4.78, 5) is 26.3. The van der Waals surface area contributed by atoms with E-state index in [-0.39, 0.29) is 39.7 Å². The molecule has 0 unspecified atom stereocenters. The number of fused-ring (bicyclic) bond motifs is 3. The molecule has 0 aliphatic heterocycles. The van der Waals surface area contributed by atoms with Crippen molar-refractivity contribution in [2.45, 2.75) is 110 Å². The Bertz CT molecular complexity index is 1330. The van der Waals surface area contributed by atoms with E-state index in [1.165, 1.54) is 12.8 Å². The predicted molar refractivity (Wildman–Crippen MR) is 172 cm³/mol. The summed E-state index contributed by atoms with van der Waals surface area (Å²) in [6.07, 6.45) is 10.9. The number of carbonyl (C=O) groups excluding carboxylic acids is 2. The normalized spacial score (nSPS) is 37.2. The average molecular weight is 601 g/mol. The van der Waals surface area contributed by atoms with E-state index in [0.29, 0.717) is 31.3 Å².